The Labute approximate surface area is 139 Å². The lowest BCUT2D eigenvalue weighted by Gasteiger charge is -2.15. The molecule has 0 saturated heterocycles. The van der Waals surface area contributed by atoms with E-state index in [0.717, 1.165) is 16.9 Å². The second-order valence-electron chi connectivity index (χ2n) is 5.42. The van der Waals surface area contributed by atoms with Gasteiger partial charge in [-0.1, -0.05) is 23.7 Å². The molecule has 4 nitrogen and oxygen atoms in total. The number of hydrogen-bond donors (Lipinski definition) is 0. The van der Waals surface area contributed by atoms with Gasteiger partial charge in [-0.2, -0.15) is 0 Å². The zero-order valence-corrected chi connectivity index (χ0v) is 13.7. The fourth-order valence-electron chi connectivity index (χ4n) is 2.49. The number of halogens is 1. The minimum atomic E-state index is -0.286. The average molecular weight is 329 g/mol. The molecule has 0 aliphatic carbocycles. The zero-order chi connectivity index (χ0) is 16.4. The number of ketones is 1. The van der Waals surface area contributed by atoms with Crippen molar-refractivity contribution < 1.29 is 9.53 Å². The number of ether oxygens (including phenoxy) is 1. The molecule has 0 aliphatic heterocycles. The first-order valence-electron chi connectivity index (χ1n) is 7.41. The molecule has 0 fully saturated rings. The van der Waals surface area contributed by atoms with E-state index in [4.69, 9.17) is 16.3 Å². The quantitative estimate of drug-likeness (QED) is 0.696. The molecule has 3 aromatic rings. The molecule has 0 radical (unpaired) electrons. The van der Waals surface area contributed by atoms with Gasteiger partial charge in [-0.15, -0.1) is 0 Å². The van der Waals surface area contributed by atoms with E-state index in [-0.39, 0.29) is 18.4 Å². The Morgan fingerprint density at radius 2 is 1.91 bits per heavy atom. The Kier molecular flexibility index (Phi) is 4.35. The molecule has 2 aromatic carbocycles. The van der Waals surface area contributed by atoms with Gasteiger partial charge in [-0.25, -0.2) is 4.98 Å². The standard InChI is InChI=1S/C18H17ClN2O2/c1-12(13(2)22)21-17-6-4-3-5-16(17)20-18(21)11-23-15-9-7-14(19)8-10-15/h3-10,12H,11H2,1-2H3. The van der Waals surface area contributed by atoms with E-state index in [9.17, 15) is 4.79 Å². The number of para-hydroxylation sites is 2. The summed E-state index contributed by atoms with van der Waals surface area (Å²) in [4.78, 5) is 16.5. The van der Waals surface area contributed by atoms with E-state index in [0.29, 0.717) is 10.8 Å². The minimum absolute atomic E-state index is 0.0842. The summed E-state index contributed by atoms with van der Waals surface area (Å²) in [6.07, 6.45) is 0. The smallest absolute Gasteiger partial charge is 0.152 e. The highest BCUT2D eigenvalue weighted by Crippen LogP contribution is 2.23. The van der Waals surface area contributed by atoms with Crippen LogP contribution in [0.2, 0.25) is 5.02 Å². The summed E-state index contributed by atoms with van der Waals surface area (Å²) in [6, 6.07) is 14.7. The molecule has 0 saturated carbocycles. The summed E-state index contributed by atoms with van der Waals surface area (Å²) in [7, 11) is 0. The lowest BCUT2D eigenvalue weighted by molar-refractivity contribution is -0.119. The third-order valence-electron chi connectivity index (χ3n) is 3.83. The molecule has 5 heteroatoms. The van der Waals surface area contributed by atoms with Crippen LogP contribution < -0.4 is 4.74 Å². The van der Waals surface area contributed by atoms with Crippen molar-refractivity contribution in [3.8, 4) is 5.75 Å². The van der Waals surface area contributed by atoms with Crippen molar-refractivity contribution in [2.24, 2.45) is 0 Å². The highest BCUT2D eigenvalue weighted by molar-refractivity contribution is 6.30. The van der Waals surface area contributed by atoms with E-state index in [1.807, 2.05) is 47.9 Å². The molecule has 1 unspecified atom stereocenters. The third-order valence-corrected chi connectivity index (χ3v) is 4.08. The first-order chi connectivity index (χ1) is 11.1. The minimum Gasteiger partial charge on any atom is -0.486 e. The molecule has 3 rings (SSSR count). The van der Waals surface area contributed by atoms with Crippen LogP contribution in [0.4, 0.5) is 0 Å². The first-order valence-corrected chi connectivity index (χ1v) is 7.78. The van der Waals surface area contributed by atoms with Gasteiger partial charge in [-0.3, -0.25) is 4.79 Å². The largest absolute Gasteiger partial charge is 0.486 e. The van der Waals surface area contributed by atoms with E-state index in [2.05, 4.69) is 4.98 Å². The summed E-state index contributed by atoms with van der Waals surface area (Å²) in [5.74, 6) is 1.52. The van der Waals surface area contributed by atoms with Gasteiger partial charge in [0.15, 0.2) is 5.78 Å². The summed E-state index contributed by atoms with van der Waals surface area (Å²) in [5.41, 5.74) is 1.79. The fraction of sp³-hybridized carbons (Fsp3) is 0.222. The van der Waals surface area contributed by atoms with Crippen LogP contribution in [0.1, 0.15) is 25.7 Å². The van der Waals surface area contributed by atoms with Crippen LogP contribution in [-0.4, -0.2) is 15.3 Å². The van der Waals surface area contributed by atoms with Crippen LogP contribution in [-0.2, 0) is 11.4 Å². The third kappa shape index (κ3) is 3.22. The number of fused-ring (bicyclic) bond motifs is 1. The highest BCUT2D eigenvalue weighted by atomic mass is 35.5. The summed E-state index contributed by atoms with van der Waals surface area (Å²) < 4.78 is 7.73. The van der Waals surface area contributed by atoms with E-state index < -0.39 is 0 Å². The lowest BCUT2D eigenvalue weighted by atomic mass is 10.2. The van der Waals surface area contributed by atoms with Gasteiger partial charge in [0.25, 0.3) is 0 Å². The molecule has 0 aliphatic rings. The molecule has 0 amide bonds. The monoisotopic (exact) mass is 328 g/mol. The predicted molar refractivity (Wildman–Crippen MR) is 90.9 cm³/mol. The molecule has 1 atom stereocenters. The van der Waals surface area contributed by atoms with Crippen molar-refractivity contribution in [2.75, 3.05) is 0 Å². The van der Waals surface area contributed by atoms with E-state index in [1.54, 1.807) is 19.1 Å². The molecule has 0 bridgehead atoms. The lowest BCUT2D eigenvalue weighted by Crippen LogP contribution is -2.17. The Hall–Kier alpha value is -2.33. The number of imidazole rings is 1. The first kappa shape index (κ1) is 15.6. The Morgan fingerprint density at radius 3 is 2.61 bits per heavy atom. The average Bonchev–Trinajstić information content (AvgIpc) is 2.91. The van der Waals surface area contributed by atoms with Crippen molar-refractivity contribution in [2.45, 2.75) is 26.5 Å². The molecule has 118 valence electrons. The molecular weight excluding hydrogens is 312 g/mol. The fourth-order valence-corrected chi connectivity index (χ4v) is 2.61. The molecule has 23 heavy (non-hydrogen) atoms. The molecule has 0 spiro atoms. The van der Waals surface area contributed by atoms with Crippen molar-refractivity contribution in [3.63, 3.8) is 0 Å². The second-order valence-corrected chi connectivity index (χ2v) is 5.85. The van der Waals surface area contributed by atoms with Crippen molar-refractivity contribution in [3.05, 3.63) is 59.4 Å². The van der Waals surface area contributed by atoms with Gasteiger partial charge < -0.3 is 9.30 Å². The van der Waals surface area contributed by atoms with Crippen LogP contribution in [0.25, 0.3) is 11.0 Å². The van der Waals surface area contributed by atoms with Gasteiger partial charge in [-0.05, 0) is 50.2 Å². The topological polar surface area (TPSA) is 44.1 Å². The number of nitrogens with zero attached hydrogens (tertiary/aromatic N) is 2. The van der Waals surface area contributed by atoms with Crippen molar-refractivity contribution >= 4 is 28.4 Å². The second kappa shape index (κ2) is 6.42. The van der Waals surface area contributed by atoms with Crippen LogP contribution in [0.5, 0.6) is 5.75 Å². The molecule has 1 heterocycles. The van der Waals surface area contributed by atoms with Gasteiger partial charge in [0.2, 0.25) is 0 Å². The van der Waals surface area contributed by atoms with E-state index in [1.165, 1.54) is 0 Å². The summed E-state index contributed by atoms with van der Waals surface area (Å²) >= 11 is 5.87. The Balaban J connectivity index is 1.94. The molecular formula is C18H17ClN2O2. The number of hydrogen-bond acceptors (Lipinski definition) is 3. The van der Waals surface area contributed by atoms with Gasteiger partial charge in [0.05, 0.1) is 17.1 Å². The Bertz CT molecular complexity index is 840. The summed E-state index contributed by atoms with van der Waals surface area (Å²) in [6.45, 7) is 3.75. The number of carbonyl (C=O) groups excluding carboxylic acids is 1. The predicted octanol–water partition coefficient (Wildman–Crippen LogP) is 4.42. The van der Waals surface area contributed by atoms with E-state index >= 15 is 0 Å². The van der Waals surface area contributed by atoms with Crippen LogP contribution >= 0.6 is 11.6 Å². The van der Waals surface area contributed by atoms with Crippen LogP contribution in [0.3, 0.4) is 0 Å². The van der Waals surface area contributed by atoms with Crippen LogP contribution in [0.15, 0.2) is 48.5 Å². The normalized spacial score (nSPS) is 12.3. The van der Waals surface area contributed by atoms with Gasteiger partial charge in [0, 0.05) is 5.02 Å². The Morgan fingerprint density at radius 1 is 1.22 bits per heavy atom. The number of Topliss-reactive ketones (excluding diaryl/α,β-unsaturated/α-hetero) is 1. The maximum Gasteiger partial charge on any atom is 0.152 e. The molecule has 0 N–H and O–H groups in total. The maximum absolute atomic E-state index is 11.8. The molecule has 1 aromatic heterocycles. The zero-order valence-electron chi connectivity index (χ0n) is 13.0. The van der Waals surface area contributed by atoms with Gasteiger partial charge >= 0.3 is 0 Å². The number of benzene rings is 2. The maximum atomic E-state index is 11.8. The number of carbonyl (C=O) groups is 1. The highest BCUT2D eigenvalue weighted by Gasteiger charge is 2.19. The summed E-state index contributed by atoms with van der Waals surface area (Å²) in [5, 5.41) is 0.662. The van der Waals surface area contributed by atoms with Crippen molar-refractivity contribution in [1.29, 1.82) is 0 Å². The van der Waals surface area contributed by atoms with Gasteiger partial charge in [0.1, 0.15) is 18.2 Å². The van der Waals surface area contributed by atoms with Crippen molar-refractivity contribution in [1.82, 2.24) is 9.55 Å². The number of rotatable bonds is 5. The SMILES string of the molecule is CC(=O)C(C)n1c(COc2ccc(Cl)cc2)nc2ccccc21. The van der Waals surface area contributed by atoms with Crippen LogP contribution in [0, 0.1) is 0 Å². The number of aromatic nitrogens is 2.